The number of hydrogen-bond donors (Lipinski definition) is 3. The number of aromatic hydroxyl groups is 1. The molecule has 0 aliphatic heterocycles. The number of phenols is 1. The molecule has 3 aromatic carbocycles. The zero-order valence-corrected chi connectivity index (χ0v) is 13.1. The van der Waals surface area contributed by atoms with E-state index in [9.17, 15) is 9.90 Å². The van der Waals surface area contributed by atoms with Crippen LogP contribution in [-0.4, -0.2) is 11.0 Å². The van der Waals surface area contributed by atoms with Crippen molar-refractivity contribution < 1.29 is 9.90 Å². The molecular formula is C17H13BrN2O2. The zero-order valence-electron chi connectivity index (χ0n) is 11.5. The fourth-order valence-electron chi connectivity index (χ4n) is 2.29. The number of fused-ring (bicyclic) bond motifs is 1. The van der Waals surface area contributed by atoms with Gasteiger partial charge in [-0.05, 0) is 23.6 Å². The molecule has 0 aromatic heterocycles. The van der Waals surface area contributed by atoms with Gasteiger partial charge in [0.05, 0.1) is 16.9 Å². The van der Waals surface area contributed by atoms with Crippen LogP contribution in [0.2, 0.25) is 0 Å². The SMILES string of the molecule is Nc1ccccc1NC(=O)c1cc(Br)c2ccccc2c1O. The van der Waals surface area contributed by atoms with Gasteiger partial charge >= 0.3 is 0 Å². The third kappa shape index (κ3) is 2.51. The van der Waals surface area contributed by atoms with Crippen LogP contribution in [0.4, 0.5) is 11.4 Å². The number of nitrogens with one attached hydrogen (secondary N) is 1. The third-order valence-corrected chi connectivity index (χ3v) is 4.08. The molecule has 0 unspecified atom stereocenters. The largest absolute Gasteiger partial charge is 0.506 e. The summed E-state index contributed by atoms with van der Waals surface area (Å²) in [6.45, 7) is 0. The highest BCUT2D eigenvalue weighted by Crippen LogP contribution is 2.35. The first kappa shape index (κ1) is 14.4. The van der Waals surface area contributed by atoms with Gasteiger partial charge in [-0.3, -0.25) is 4.79 Å². The maximum absolute atomic E-state index is 12.4. The summed E-state index contributed by atoms with van der Waals surface area (Å²) in [7, 11) is 0. The molecule has 0 radical (unpaired) electrons. The Bertz CT molecular complexity index is 878. The quantitative estimate of drug-likeness (QED) is 0.604. The first-order valence-corrected chi connectivity index (χ1v) is 7.43. The second kappa shape index (κ2) is 5.69. The Hall–Kier alpha value is -2.53. The van der Waals surface area contributed by atoms with Gasteiger partial charge in [-0.15, -0.1) is 0 Å². The van der Waals surface area contributed by atoms with E-state index in [0.717, 1.165) is 9.86 Å². The molecule has 5 heteroatoms. The van der Waals surface area contributed by atoms with Crippen LogP contribution in [0.1, 0.15) is 10.4 Å². The molecule has 0 saturated heterocycles. The third-order valence-electron chi connectivity index (χ3n) is 3.42. The summed E-state index contributed by atoms with van der Waals surface area (Å²) in [6.07, 6.45) is 0. The lowest BCUT2D eigenvalue weighted by molar-refractivity contribution is 0.102. The van der Waals surface area contributed by atoms with Crippen LogP contribution in [0.5, 0.6) is 5.75 Å². The minimum Gasteiger partial charge on any atom is -0.506 e. The van der Waals surface area contributed by atoms with Crippen LogP contribution in [0.3, 0.4) is 0 Å². The molecule has 1 amide bonds. The molecule has 0 bridgehead atoms. The minimum absolute atomic E-state index is 0.0502. The van der Waals surface area contributed by atoms with Crippen molar-refractivity contribution in [3.8, 4) is 5.75 Å². The second-order valence-corrected chi connectivity index (χ2v) is 5.70. The van der Waals surface area contributed by atoms with Crippen LogP contribution in [-0.2, 0) is 0 Å². The van der Waals surface area contributed by atoms with Gasteiger partial charge < -0.3 is 16.2 Å². The second-order valence-electron chi connectivity index (χ2n) is 4.84. The van der Waals surface area contributed by atoms with E-state index in [-0.39, 0.29) is 11.3 Å². The van der Waals surface area contributed by atoms with Crippen LogP contribution < -0.4 is 11.1 Å². The maximum Gasteiger partial charge on any atom is 0.259 e. The molecule has 0 saturated carbocycles. The topological polar surface area (TPSA) is 75.3 Å². The van der Waals surface area contributed by atoms with Gasteiger partial charge in [0.2, 0.25) is 0 Å². The summed E-state index contributed by atoms with van der Waals surface area (Å²) in [5, 5.41) is 14.6. The number of amides is 1. The summed E-state index contributed by atoms with van der Waals surface area (Å²) >= 11 is 3.43. The van der Waals surface area contributed by atoms with Crippen LogP contribution in [0, 0.1) is 0 Å². The van der Waals surface area contributed by atoms with Gasteiger partial charge in [0.25, 0.3) is 5.91 Å². The van der Waals surface area contributed by atoms with Crippen molar-refractivity contribution in [3.63, 3.8) is 0 Å². The van der Waals surface area contributed by atoms with Gasteiger partial charge in [-0.1, -0.05) is 52.3 Å². The Morgan fingerprint density at radius 3 is 2.41 bits per heavy atom. The lowest BCUT2D eigenvalue weighted by Gasteiger charge is -2.11. The van der Waals surface area contributed by atoms with Gasteiger partial charge in [-0.25, -0.2) is 0 Å². The first-order valence-electron chi connectivity index (χ1n) is 6.64. The van der Waals surface area contributed by atoms with Crippen molar-refractivity contribution in [2.24, 2.45) is 0 Å². The standard InChI is InChI=1S/C17H13BrN2O2/c18-13-9-12(16(21)11-6-2-1-5-10(11)13)17(22)20-15-8-4-3-7-14(15)19/h1-9,21H,19H2,(H,20,22). The molecule has 0 aliphatic rings. The molecule has 4 nitrogen and oxygen atoms in total. The Balaban J connectivity index is 2.05. The lowest BCUT2D eigenvalue weighted by atomic mass is 10.0. The Morgan fingerprint density at radius 1 is 1.05 bits per heavy atom. The lowest BCUT2D eigenvalue weighted by Crippen LogP contribution is -2.13. The monoisotopic (exact) mass is 356 g/mol. The Kier molecular flexibility index (Phi) is 3.73. The molecule has 0 aliphatic carbocycles. The summed E-state index contributed by atoms with van der Waals surface area (Å²) in [5.41, 5.74) is 6.99. The Labute approximate surface area is 135 Å². The van der Waals surface area contributed by atoms with E-state index in [4.69, 9.17) is 5.73 Å². The van der Waals surface area contributed by atoms with Crippen molar-refractivity contribution in [3.05, 3.63) is 64.6 Å². The molecule has 0 fully saturated rings. The Morgan fingerprint density at radius 2 is 1.68 bits per heavy atom. The van der Waals surface area contributed by atoms with Gasteiger partial charge in [-0.2, -0.15) is 0 Å². The van der Waals surface area contributed by atoms with Crippen molar-refractivity contribution in [2.75, 3.05) is 11.1 Å². The molecule has 110 valence electrons. The number of halogens is 1. The number of nitrogen functional groups attached to an aromatic ring is 1. The van der Waals surface area contributed by atoms with Gasteiger partial charge in [0, 0.05) is 9.86 Å². The molecule has 4 N–H and O–H groups in total. The molecule has 3 aromatic rings. The number of phenolic OH excluding ortho intramolecular Hbond substituents is 1. The molecule has 22 heavy (non-hydrogen) atoms. The van der Waals surface area contributed by atoms with Crippen LogP contribution in [0.25, 0.3) is 10.8 Å². The number of carbonyl (C=O) groups excluding carboxylic acids is 1. The molecule has 0 atom stereocenters. The summed E-state index contributed by atoms with van der Waals surface area (Å²) in [6, 6.07) is 15.9. The highest BCUT2D eigenvalue weighted by atomic mass is 79.9. The number of benzene rings is 3. The summed E-state index contributed by atoms with van der Waals surface area (Å²) < 4.78 is 0.743. The van der Waals surface area contributed by atoms with Crippen molar-refractivity contribution in [1.82, 2.24) is 0 Å². The van der Waals surface area contributed by atoms with E-state index >= 15 is 0 Å². The van der Waals surface area contributed by atoms with E-state index in [0.29, 0.717) is 16.8 Å². The van der Waals surface area contributed by atoms with Gasteiger partial charge in [0.15, 0.2) is 0 Å². The average molecular weight is 357 g/mol. The highest BCUT2D eigenvalue weighted by molar-refractivity contribution is 9.10. The predicted molar refractivity (Wildman–Crippen MR) is 92.1 cm³/mol. The molecule has 3 rings (SSSR count). The average Bonchev–Trinajstić information content (AvgIpc) is 2.53. The molecule has 0 heterocycles. The van der Waals surface area contributed by atoms with Crippen molar-refractivity contribution in [1.29, 1.82) is 0 Å². The fourth-order valence-corrected chi connectivity index (χ4v) is 2.86. The van der Waals surface area contributed by atoms with E-state index < -0.39 is 5.91 Å². The summed E-state index contributed by atoms with van der Waals surface area (Å²) in [4.78, 5) is 12.4. The number of hydrogen-bond acceptors (Lipinski definition) is 3. The maximum atomic E-state index is 12.4. The summed E-state index contributed by atoms with van der Waals surface area (Å²) in [5.74, 6) is -0.465. The highest BCUT2D eigenvalue weighted by Gasteiger charge is 2.17. The number of anilines is 2. The predicted octanol–water partition coefficient (Wildman–Crippen LogP) is 4.14. The number of para-hydroxylation sites is 2. The number of nitrogens with two attached hydrogens (primary N) is 1. The van der Waals surface area contributed by atoms with Crippen molar-refractivity contribution in [2.45, 2.75) is 0 Å². The number of rotatable bonds is 2. The van der Waals surface area contributed by atoms with E-state index in [1.54, 1.807) is 36.4 Å². The van der Waals surface area contributed by atoms with E-state index in [1.165, 1.54) is 0 Å². The van der Waals surface area contributed by atoms with Crippen molar-refractivity contribution >= 4 is 44.0 Å². The normalized spacial score (nSPS) is 10.6. The van der Waals surface area contributed by atoms with E-state index in [2.05, 4.69) is 21.2 Å². The van der Waals surface area contributed by atoms with Crippen LogP contribution in [0.15, 0.2) is 59.1 Å². The first-order chi connectivity index (χ1) is 10.6. The molecule has 0 spiro atoms. The van der Waals surface area contributed by atoms with Gasteiger partial charge in [0.1, 0.15) is 5.75 Å². The zero-order chi connectivity index (χ0) is 15.7. The fraction of sp³-hybridized carbons (Fsp3) is 0. The minimum atomic E-state index is -0.415. The smallest absolute Gasteiger partial charge is 0.259 e. The molecular weight excluding hydrogens is 344 g/mol. The van der Waals surface area contributed by atoms with Crippen LogP contribution >= 0.6 is 15.9 Å². The number of carbonyl (C=O) groups is 1. The van der Waals surface area contributed by atoms with E-state index in [1.807, 2.05) is 18.2 Å².